The molecule has 0 aliphatic carbocycles. The van der Waals surface area contributed by atoms with Crippen LogP contribution < -0.4 is 10.3 Å². The number of anilines is 1. The van der Waals surface area contributed by atoms with Gasteiger partial charge < -0.3 is 5.32 Å². The van der Waals surface area contributed by atoms with Crippen molar-refractivity contribution in [2.45, 2.75) is 52.0 Å². The van der Waals surface area contributed by atoms with Crippen LogP contribution in [0, 0.1) is 0 Å². The lowest BCUT2D eigenvalue weighted by molar-refractivity contribution is -0.119. The van der Waals surface area contributed by atoms with E-state index < -0.39 is 0 Å². The highest BCUT2D eigenvalue weighted by Gasteiger charge is 2.29. The minimum atomic E-state index is -0.237. The Labute approximate surface area is 131 Å². The molecule has 1 aliphatic heterocycles. The van der Waals surface area contributed by atoms with Crippen molar-refractivity contribution < 1.29 is 9.59 Å². The monoisotopic (exact) mass is 301 g/mol. The molecule has 0 atom stereocenters. The Morgan fingerprint density at radius 3 is 2.45 bits per heavy atom. The molecule has 0 saturated heterocycles. The van der Waals surface area contributed by atoms with Crippen LogP contribution in [-0.2, 0) is 9.59 Å². The van der Waals surface area contributed by atoms with E-state index in [0.717, 1.165) is 12.8 Å². The zero-order valence-corrected chi connectivity index (χ0v) is 13.4. The molecule has 5 heteroatoms. The molecular weight excluding hydrogens is 278 g/mol. The number of carbonyl (C=O) groups excluding carboxylic acids is 2. The van der Waals surface area contributed by atoms with Crippen molar-refractivity contribution in [1.82, 2.24) is 5.32 Å². The van der Waals surface area contributed by atoms with E-state index in [2.05, 4.69) is 10.4 Å². The maximum atomic E-state index is 12.4. The van der Waals surface area contributed by atoms with Crippen LogP contribution in [0.1, 0.15) is 46.5 Å². The average Bonchev–Trinajstić information content (AvgIpc) is 2.55. The van der Waals surface area contributed by atoms with Gasteiger partial charge in [0, 0.05) is 18.4 Å². The second kappa shape index (κ2) is 6.73. The molecule has 0 fully saturated rings. The molecule has 1 aromatic rings. The van der Waals surface area contributed by atoms with E-state index in [1.165, 1.54) is 5.01 Å². The number of carbonyl (C=O) groups is 2. The molecule has 0 spiro atoms. The molecule has 1 heterocycles. The Morgan fingerprint density at radius 2 is 1.86 bits per heavy atom. The third-order valence-electron chi connectivity index (χ3n) is 4.27. The van der Waals surface area contributed by atoms with Crippen LogP contribution in [0.4, 0.5) is 5.69 Å². The number of hydrogen-bond acceptors (Lipinski definition) is 3. The van der Waals surface area contributed by atoms with Gasteiger partial charge in [0.1, 0.15) is 5.71 Å². The van der Waals surface area contributed by atoms with Crippen LogP contribution in [0.5, 0.6) is 0 Å². The van der Waals surface area contributed by atoms with Crippen molar-refractivity contribution in [3.63, 3.8) is 0 Å². The SMILES string of the molecule is CCC(C)(CC)NC(=O)C1=NN(c2ccccc2)C(=O)CC1. The van der Waals surface area contributed by atoms with Gasteiger partial charge in [-0.15, -0.1) is 0 Å². The predicted octanol–water partition coefficient (Wildman–Crippen LogP) is 2.86. The van der Waals surface area contributed by atoms with Crippen molar-refractivity contribution in [3.05, 3.63) is 30.3 Å². The highest BCUT2D eigenvalue weighted by Crippen LogP contribution is 2.20. The van der Waals surface area contributed by atoms with E-state index in [0.29, 0.717) is 24.2 Å². The number of para-hydroxylation sites is 1. The van der Waals surface area contributed by atoms with Crippen LogP contribution in [0.25, 0.3) is 0 Å². The van der Waals surface area contributed by atoms with Gasteiger partial charge in [-0.25, -0.2) is 5.01 Å². The summed E-state index contributed by atoms with van der Waals surface area (Å²) in [5.74, 6) is -0.267. The fourth-order valence-corrected chi connectivity index (χ4v) is 2.26. The van der Waals surface area contributed by atoms with E-state index in [1.54, 1.807) is 0 Å². The normalized spacial score (nSPS) is 15.5. The second-order valence-electron chi connectivity index (χ2n) is 5.81. The topological polar surface area (TPSA) is 61.8 Å². The van der Waals surface area contributed by atoms with Gasteiger partial charge in [-0.1, -0.05) is 32.0 Å². The lowest BCUT2D eigenvalue weighted by atomic mass is 9.95. The molecule has 0 bridgehead atoms. The van der Waals surface area contributed by atoms with Gasteiger partial charge in [-0.2, -0.15) is 5.10 Å². The Kier molecular flexibility index (Phi) is 4.96. The summed E-state index contributed by atoms with van der Waals surface area (Å²) in [6, 6.07) is 9.19. The average molecular weight is 301 g/mol. The van der Waals surface area contributed by atoms with Crippen LogP contribution in [0.2, 0.25) is 0 Å². The molecule has 118 valence electrons. The summed E-state index contributed by atoms with van der Waals surface area (Å²) in [6.07, 6.45) is 2.39. The number of benzene rings is 1. The molecule has 0 aromatic heterocycles. The minimum Gasteiger partial charge on any atom is -0.346 e. The molecule has 2 rings (SSSR count). The first kappa shape index (κ1) is 16.2. The second-order valence-corrected chi connectivity index (χ2v) is 5.81. The quantitative estimate of drug-likeness (QED) is 0.909. The minimum absolute atomic E-state index is 0.0866. The molecule has 5 nitrogen and oxygen atoms in total. The maximum absolute atomic E-state index is 12.4. The van der Waals surface area contributed by atoms with Crippen molar-refractivity contribution in [2.75, 3.05) is 5.01 Å². The van der Waals surface area contributed by atoms with E-state index in [1.807, 2.05) is 51.1 Å². The number of rotatable bonds is 5. The van der Waals surface area contributed by atoms with Gasteiger partial charge >= 0.3 is 0 Å². The fourth-order valence-electron chi connectivity index (χ4n) is 2.26. The summed E-state index contributed by atoms with van der Waals surface area (Å²) < 4.78 is 0. The molecule has 1 aromatic carbocycles. The largest absolute Gasteiger partial charge is 0.346 e. The smallest absolute Gasteiger partial charge is 0.267 e. The molecule has 0 saturated carbocycles. The van der Waals surface area contributed by atoms with Gasteiger partial charge in [0.05, 0.1) is 5.69 Å². The highest BCUT2D eigenvalue weighted by molar-refractivity contribution is 6.40. The standard InChI is InChI=1S/C17H23N3O2/c1-4-17(3,5-2)18-16(22)14-11-12-15(21)20(19-14)13-9-7-6-8-10-13/h6-10H,4-5,11-12H2,1-3H3,(H,18,22). The summed E-state index contributed by atoms with van der Waals surface area (Å²) >= 11 is 0. The number of hydrazone groups is 1. The molecule has 22 heavy (non-hydrogen) atoms. The Morgan fingerprint density at radius 1 is 1.23 bits per heavy atom. The van der Waals surface area contributed by atoms with E-state index >= 15 is 0 Å². The van der Waals surface area contributed by atoms with Crippen molar-refractivity contribution in [2.24, 2.45) is 5.10 Å². The molecule has 1 N–H and O–H groups in total. The van der Waals surface area contributed by atoms with Gasteiger partial charge in [-0.05, 0) is 31.9 Å². The van der Waals surface area contributed by atoms with Crippen LogP contribution in [-0.4, -0.2) is 23.1 Å². The first-order chi connectivity index (χ1) is 10.5. The number of nitrogens with one attached hydrogen (secondary N) is 1. The molecule has 0 unspecified atom stereocenters. The van der Waals surface area contributed by atoms with Crippen molar-refractivity contribution >= 4 is 23.2 Å². The Bertz CT molecular complexity index is 577. The Balaban J connectivity index is 2.21. The summed E-state index contributed by atoms with van der Waals surface area (Å²) in [6.45, 7) is 6.12. The molecule has 2 amide bonds. The molecule has 0 radical (unpaired) electrons. The summed E-state index contributed by atoms with van der Waals surface area (Å²) in [4.78, 5) is 24.5. The lowest BCUT2D eigenvalue weighted by Crippen LogP contribution is -2.49. The van der Waals surface area contributed by atoms with Crippen LogP contribution >= 0.6 is 0 Å². The number of amides is 2. The van der Waals surface area contributed by atoms with Crippen LogP contribution in [0.15, 0.2) is 35.4 Å². The predicted molar refractivity (Wildman–Crippen MR) is 87.7 cm³/mol. The zero-order chi connectivity index (χ0) is 16.2. The van der Waals surface area contributed by atoms with Crippen molar-refractivity contribution in [1.29, 1.82) is 0 Å². The lowest BCUT2D eigenvalue weighted by Gasteiger charge is -2.30. The van der Waals surface area contributed by atoms with Gasteiger partial charge in [-0.3, -0.25) is 9.59 Å². The van der Waals surface area contributed by atoms with E-state index in [9.17, 15) is 9.59 Å². The van der Waals surface area contributed by atoms with E-state index in [-0.39, 0.29) is 17.4 Å². The van der Waals surface area contributed by atoms with Gasteiger partial charge in [0.25, 0.3) is 5.91 Å². The number of hydrogen-bond donors (Lipinski definition) is 1. The van der Waals surface area contributed by atoms with Crippen LogP contribution in [0.3, 0.4) is 0 Å². The van der Waals surface area contributed by atoms with E-state index in [4.69, 9.17) is 0 Å². The summed E-state index contributed by atoms with van der Waals surface area (Å²) in [5, 5.41) is 8.64. The zero-order valence-electron chi connectivity index (χ0n) is 13.4. The fraction of sp³-hybridized carbons (Fsp3) is 0.471. The molecule has 1 aliphatic rings. The van der Waals surface area contributed by atoms with Gasteiger partial charge in [0.15, 0.2) is 0 Å². The maximum Gasteiger partial charge on any atom is 0.267 e. The number of nitrogens with zero attached hydrogens (tertiary/aromatic N) is 2. The highest BCUT2D eigenvalue weighted by atomic mass is 16.2. The summed E-state index contributed by atoms with van der Waals surface area (Å²) in [7, 11) is 0. The molecular formula is C17H23N3O2. The van der Waals surface area contributed by atoms with Crippen molar-refractivity contribution in [3.8, 4) is 0 Å². The third kappa shape index (κ3) is 3.53. The summed E-state index contributed by atoms with van der Waals surface area (Å²) in [5.41, 5.74) is 0.862. The van der Waals surface area contributed by atoms with Gasteiger partial charge in [0.2, 0.25) is 5.91 Å². The Hall–Kier alpha value is -2.17. The first-order valence-electron chi connectivity index (χ1n) is 7.77. The first-order valence-corrected chi connectivity index (χ1v) is 7.77. The third-order valence-corrected chi connectivity index (χ3v) is 4.27.